The van der Waals surface area contributed by atoms with Crippen LogP contribution in [0.2, 0.25) is 0 Å². The molecule has 22 heteroatoms. The summed E-state index contributed by atoms with van der Waals surface area (Å²) in [4.78, 5) is 89.2. The van der Waals surface area contributed by atoms with Crippen molar-refractivity contribution in [1.82, 2.24) is 35.7 Å². The molecule has 3 N–H and O–H groups in total. The number of ketones is 1. The quantitative estimate of drug-likeness (QED) is 0.0433. The number of fused-ring (bicyclic) bond motifs is 2. The van der Waals surface area contributed by atoms with Crippen molar-refractivity contribution in [3.8, 4) is 11.5 Å². The SMILES string of the molecule is O=Cc1cc2c(cc1O)OCC(C(=O)NC(C(=O)N[C@@H]1C(=O)N3C(C(=O)[O-])=C(CSc4nnnn4C(=O)[O-])CS[C@H]13)c1ccccc1)C2=O.[Na+].[Na+]. The molecule has 0 spiro atoms. The number of carboxylic acids is 1. The molecule has 3 aliphatic rings. The van der Waals surface area contributed by atoms with Crippen LogP contribution in [0.1, 0.15) is 32.3 Å². The van der Waals surface area contributed by atoms with Crippen LogP contribution in [0.4, 0.5) is 4.79 Å². The molecule has 3 amide bonds. The van der Waals surface area contributed by atoms with Crippen molar-refractivity contribution >= 4 is 65.4 Å². The molecule has 1 aromatic heterocycles. The molecule has 0 saturated carbocycles. The first-order valence-electron chi connectivity index (χ1n) is 14.2. The maximum atomic E-state index is 13.7. The molecular weight excluding hydrogens is 732 g/mol. The second-order valence-corrected chi connectivity index (χ2v) is 12.7. The summed E-state index contributed by atoms with van der Waals surface area (Å²) in [5, 5.41) is 47.4. The summed E-state index contributed by atoms with van der Waals surface area (Å²) in [6.07, 6.45) is -1.35. The molecular formula is C29H21N7Na2O11S2. The van der Waals surface area contributed by atoms with E-state index in [-0.39, 0.29) is 98.2 Å². The maximum Gasteiger partial charge on any atom is 1.00 e. The summed E-state index contributed by atoms with van der Waals surface area (Å²) < 4.78 is 5.90. The standard InChI is InChI=1S/C29H23N7O11S2.2Na/c37-8-13-6-15-18(7-17(13)38)47-9-16(22(15)39)23(40)30-19(12-4-2-1-3-5-12)24(41)31-20-25(42)35-21(27(43)44)14(10-48-26(20)35)11-49-28-32-33-34-36(28)29(45)46;;/h1-8,16,19-20,26,38H,9-11H2,(H,30,40)(H,31,41)(H,43,44)(H,45,46);;/q;2*+1/p-2/t16?,19?,20-,26-;;/m1../s1. The molecule has 6 rings (SSSR count). The third-order valence-electron chi connectivity index (χ3n) is 7.77. The Bertz CT molecular complexity index is 1960. The van der Waals surface area contributed by atoms with Crippen LogP contribution >= 0.6 is 23.5 Å². The van der Waals surface area contributed by atoms with Gasteiger partial charge in [0.15, 0.2) is 18.2 Å². The first-order valence-corrected chi connectivity index (χ1v) is 16.2. The number of rotatable bonds is 10. The zero-order chi connectivity index (χ0) is 35.0. The second-order valence-electron chi connectivity index (χ2n) is 10.7. The van der Waals surface area contributed by atoms with E-state index in [4.69, 9.17) is 4.74 Å². The van der Waals surface area contributed by atoms with E-state index in [1.165, 1.54) is 0 Å². The van der Waals surface area contributed by atoms with E-state index in [0.717, 1.165) is 40.6 Å². The summed E-state index contributed by atoms with van der Waals surface area (Å²) in [5.74, 6) is -6.73. The van der Waals surface area contributed by atoms with Gasteiger partial charge in [-0.1, -0.05) is 42.1 Å². The summed E-state index contributed by atoms with van der Waals surface area (Å²) in [7, 11) is 0. The molecule has 1 fully saturated rings. The normalized spacial score (nSPS) is 19.5. The van der Waals surface area contributed by atoms with E-state index < -0.39 is 77.0 Å². The number of carbonyl (C=O) groups excluding carboxylic acids is 7. The van der Waals surface area contributed by atoms with Gasteiger partial charge in [0.1, 0.15) is 41.5 Å². The molecule has 0 aliphatic carbocycles. The van der Waals surface area contributed by atoms with Crippen LogP contribution in [-0.2, 0) is 19.2 Å². The van der Waals surface area contributed by atoms with Gasteiger partial charge < -0.3 is 40.3 Å². The molecule has 1 saturated heterocycles. The monoisotopic (exact) mass is 753 g/mol. The fourth-order valence-corrected chi connectivity index (χ4v) is 7.71. The van der Waals surface area contributed by atoms with Gasteiger partial charge in [0.25, 0.3) is 5.91 Å². The predicted molar refractivity (Wildman–Crippen MR) is 161 cm³/mol. The molecule has 2 unspecified atom stereocenters. The second kappa shape index (κ2) is 16.7. The molecule has 3 aromatic rings. The summed E-state index contributed by atoms with van der Waals surface area (Å²) >= 11 is 1.94. The Labute approximate surface area is 339 Å². The Morgan fingerprint density at radius 3 is 2.53 bits per heavy atom. The van der Waals surface area contributed by atoms with Crippen molar-refractivity contribution in [2.45, 2.75) is 22.6 Å². The first-order chi connectivity index (χ1) is 23.5. The number of aromatic hydroxyl groups is 1. The van der Waals surface area contributed by atoms with Crippen LogP contribution in [0.5, 0.6) is 11.5 Å². The molecule has 252 valence electrons. The molecule has 0 radical (unpaired) electrons. The van der Waals surface area contributed by atoms with E-state index in [9.17, 15) is 48.9 Å². The number of benzene rings is 2. The number of amides is 3. The van der Waals surface area contributed by atoms with Gasteiger partial charge in [-0.25, -0.2) is 0 Å². The number of carboxylic acid groups (broad SMARTS) is 2. The van der Waals surface area contributed by atoms with E-state index in [2.05, 4.69) is 26.2 Å². The van der Waals surface area contributed by atoms with Crippen LogP contribution in [0.25, 0.3) is 0 Å². The number of aromatic nitrogens is 4. The number of aliphatic carboxylic acids is 1. The molecule has 3 aliphatic heterocycles. The number of phenols is 1. The van der Waals surface area contributed by atoms with Gasteiger partial charge in [-0.15, -0.1) is 16.9 Å². The number of hydrogen-bond donors (Lipinski definition) is 3. The number of phenolic OH excluding ortho intramolecular Hbond substituents is 1. The minimum Gasteiger partial charge on any atom is -0.543 e. The molecule has 0 bridgehead atoms. The van der Waals surface area contributed by atoms with Crippen LogP contribution in [0.3, 0.4) is 0 Å². The number of thioether (sulfide) groups is 2. The first kappa shape index (κ1) is 40.0. The van der Waals surface area contributed by atoms with Gasteiger partial charge in [-0.3, -0.25) is 28.9 Å². The van der Waals surface area contributed by atoms with Crippen molar-refractivity contribution in [3.05, 3.63) is 70.4 Å². The topological polar surface area (TPSA) is 266 Å². The molecule has 4 atom stereocenters. The number of carbonyl (C=O) groups is 7. The Morgan fingerprint density at radius 2 is 1.86 bits per heavy atom. The van der Waals surface area contributed by atoms with Crippen molar-refractivity contribution < 1.29 is 113 Å². The third-order valence-corrected chi connectivity index (χ3v) is 10.1. The predicted octanol–water partition coefficient (Wildman–Crippen LogP) is -8.36. The maximum absolute atomic E-state index is 13.7. The van der Waals surface area contributed by atoms with Gasteiger partial charge in [0.05, 0.1) is 22.8 Å². The van der Waals surface area contributed by atoms with Crippen LogP contribution in [0.15, 0.2) is 58.9 Å². The summed E-state index contributed by atoms with van der Waals surface area (Å²) in [6.45, 7) is -0.420. The fourth-order valence-electron chi connectivity index (χ4n) is 5.37. The minimum absolute atomic E-state index is 0. The molecule has 51 heavy (non-hydrogen) atoms. The van der Waals surface area contributed by atoms with Gasteiger partial charge in [0, 0.05) is 17.6 Å². The van der Waals surface area contributed by atoms with E-state index in [1.807, 2.05) is 0 Å². The minimum atomic E-state index is -1.69. The van der Waals surface area contributed by atoms with Crippen molar-refractivity contribution in [3.63, 3.8) is 0 Å². The number of hydrogen-bond acceptors (Lipinski definition) is 16. The Balaban J connectivity index is 0.00000292. The van der Waals surface area contributed by atoms with E-state index in [1.54, 1.807) is 30.3 Å². The number of ether oxygens (including phenoxy) is 1. The van der Waals surface area contributed by atoms with Crippen molar-refractivity contribution in [2.24, 2.45) is 5.92 Å². The van der Waals surface area contributed by atoms with Gasteiger partial charge in [0.2, 0.25) is 17.0 Å². The zero-order valence-corrected chi connectivity index (χ0v) is 32.3. The number of nitrogens with one attached hydrogen (secondary N) is 2. The Morgan fingerprint density at radius 1 is 1.14 bits per heavy atom. The summed E-state index contributed by atoms with van der Waals surface area (Å²) in [6, 6.07) is 7.57. The molecule has 2 aromatic carbocycles. The van der Waals surface area contributed by atoms with Gasteiger partial charge in [-0.05, 0) is 27.6 Å². The number of Topliss-reactive ketones (excluding diaryl/α,β-unsaturated/α-hetero) is 1. The summed E-state index contributed by atoms with van der Waals surface area (Å²) in [5.41, 5.74) is -0.191. The van der Waals surface area contributed by atoms with E-state index in [0.29, 0.717) is 16.5 Å². The smallest absolute Gasteiger partial charge is 0.543 e. The van der Waals surface area contributed by atoms with Crippen LogP contribution in [-0.4, -0.2) is 102 Å². The van der Waals surface area contributed by atoms with Crippen molar-refractivity contribution in [2.75, 3.05) is 18.1 Å². The van der Waals surface area contributed by atoms with Crippen LogP contribution < -0.4 is 84.7 Å². The fraction of sp³-hybridized carbons (Fsp3) is 0.241. The number of nitrogens with zero attached hydrogens (tertiary/aromatic N) is 5. The van der Waals surface area contributed by atoms with Crippen molar-refractivity contribution in [1.29, 1.82) is 0 Å². The van der Waals surface area contributed by atoms with E-state index >= 15 is 0 Å². The third kappa shape index (κ3) is 7.87. The Kier molecular flexibility index (Phi) is 13.1. The Hall–Kier alpha value is -3.76. The largest absolute Gasteiger partial charge is 1.00 e. The zero-order valence-electron chi connectivity index (χ0n) is 26.6. The van der Waals surface area contributed by atoms with Gasteiger partial charge >= 0.3 is 59.1 Å². The molecule has 18 nitrogen and oxygen atoms in total. The average Bonchev–Trinajstić information content (AvgIpc) is 3.57. The number of tetrazole rings is 1. The molecule has 4 heterocycles. The number of aldehydes is 1. The number of β-lactam (4-membered cyclic amide) rings is 1. The average molecular weight is 754 g/mol. The van der Waals surface area contributed by atoms with Crippen LogP contribution in [0, 0.1) is 5.92 Å². The van der Waals surface area contributed by atoms with Gasteiger partial charge in [-0.2, -0.15) is 4.68 Å².